The molecule has 4 aromatic carbocycles. The summed E-state index contributed by atoms with van der Waals surface area (Å²) >= 11 is 0. The van der Waals surface area contributed by atoms with Crippen molar-refractivity contribution in [2.45, 2.75) is 72.1 Å². The Morgan fingerprint density at radius 1 is 0.646 bits per heavy atom. The van der Waals surface area contributed by atoms with Crippen LogP contribution >= 0.6 is 0 Å². The highest BCUT2D eigenvalue weighted by atomic mass is 16.5. The van der Waals surface area contributed by atoms with Crippen molar-refractivity contribution in [2.24, 2.45) is 0 Å². The van der Waals surface area contributed by atoms with Crippen LogP contribution in [-0.4, -0.2) is 19.3 Å². The van der Waals surface area contributed by atoms with Gasteiger partial charge in [0, 0.05) is 34.7 Å². The number of ether oxygens (including phenoxy) is 1. The van der Waals surface area contributed by atoms with Gasteiger partial charge in [-0.1, -0.05) is 94.1 Å². The molecule has 3 heterocycles. The van der Waals surface area contributed by atoms with E-state index in [-0.39, 0.29) is 0 Å². The maximum atomic E-state index is 6.62. The van der Waals surface area contributed by atoms with Gasteiger partial charge in [-0.15, -0.1) is 0 Å². The lowest BCUT2D eigenvalue weighted by atomic mass is 9.97. The predicted molar refractivity (Wildman–Crippen MR) is 199 cm³/mol. The number of rotatable bonds is 13. The summed E-state index contributed by atoms with van der Waals surface area (Å²) in [5.41, 5.74) is 9.42. The Labute approximate surface area is 283 Å². The molecule has 3 aromatic heterocycles. The molecule has 0 saturated heterocycles. The van der Waals surface area contributed by atoms with E-state index >= 15 is 0 Å². The average molecular weight is 633 g/mol. The number of unbranched alkanes of at least 4 members (excludes halogenated alkanes) is 4. The molecule has 7 aromatic rings. The zero-order valence-electron chi connectivity index (χ0n) is 28.3. The first-order valence-corrected chi connectivity index (χ1v) is 17.5. The summed E-state index contributed by atoms with van der Waals surface area (Å²) in [6, 6.07) is 38.3. The Morgan fingerprint density at radius 3 is 2.21 bits per heavy atom. The molecule has 0 aliphatic rings. The van der Waals surface area contributed by atoms with Crippen LogP contribution in [0.2, 0.25) is 0 Å². The number of hydrogen-bond acceptors (Lipinski definition) is 3. The number of benzene rings is 4. The molecule has 0 amide bonds. The minimum absolute atomic E-state index is 0.783. The van der Waals surface area contributed by atoms with Gasteiger partial charge in [0.15, 0.2) is 0 Å². The molecule has 0 aliphatic carbocycles. The van der Waals surface area contributed by atoms with Gasteiger partial charge >= 0.3 is 0 Å². The Morgan fingerprint density at radius 2 is 1.40 bits per heavy atom. The van der Waals surface area contributed by atoms with E-state index in [0.717, 1.165) is 59.7 Å². The third-order valence-electron chi connectivity index (χ3n) is 9.22. The van der Waals surface area contributed by atoms with Crippen molar-refractivity contribution in [1.29, 1.82) is 0 Å². The van der Waals surface area contributed by atoms with Gasteiger partial charge < -0.3 is 4.74 Å². The predicted octanol–water partition coefficient (Wildman–Crippen LogP) is 11.6. The van der Waals surface area contributed by atoms with Crippen molar-refractivity contribution in [2.75, 3.05) is 0 Å². The topological polar surface area (TPSA) is 44.9 Å². The van der Waals surface area contributed by atoms with E-state index in [0.29, 0.717) is 0 Å². The Hall–Kier alpha value is -5.16. The fourth-order valence-electron chi connectivity index (χ4n) is 6.86. The molecule has 0 unspecified atom stereocenters. The van der Waals surface area contributed by atoms with Gasteiger partial charge in [0.05, 0.1) is 28.1 Å². The fourth-order valence-corrected chi connectivity index (χ4v) is 6.86. The monoisotopic (exact) mass is 632 g/mol. The molecular weight excluding hydrogens is 589 g/mol. The first kappa shape index (κ1) is 31.4. The van der Waals surface area contributed by atoms with E-state index in [1.807, 2.05) is 18.3 Å². The number of hydrogen-bond donors (Lipinski definition) is 0. The zero-order valence-corrected chi connectivity index (χ0v) is 28.3. The standard InChI is InChI=1S/C43H44N4O/c1-4-6-9-21-38-43(32-16-11-8-12-17-32)40(23-10-7-5-2)47(45-38)33-18-15-19-34(29-33)48-35-24-25-37-36-20-13-14-22-39(36)46(41(37)30-35)42-28-31(3)26-27-44-42/h8,11-20,22,24-30H,4-7,9-10,21,23H2,1-3H3. The van der Waals surface area contributed by atoms with Crippen LogP contribution in [0.5, 0.6) is 11.5 Å². The highest BCUT2D eigenvalue weighted by Crippen LogP contribution is 2.36. The second-order valence-electron chi connectivity index (χ2n) is 12.8. The molecule has 0 saturated carbocycles. The van der Waals surface area contributed by atoms with Crippen molar-refractivity contribution in [1.82, 2.24) is 19.3 Å². The van der Waals surface area contributed by atoms with Crippen molar-refractivity contribution < 1.29 is 4.74 Å². The van der Waals surface area contributed by atoms with Gasteiger partial charge in [-0.3, -0.25) is 4.57 Å². The van der Waals surface area contributed by atoms with Crippen molar-refractivity contribution in [3.8, 4) is 34.1 Å². The molecule has 0 bridgehead atoms. The molecule has 242 valence electrons. The number of aromatic nitrogens is 4. The summed E-state index contributed by atoms with van der Waals surface area (Å²) < 4.78 is 11.0. The largest absolute Gasteiger partial charge is 0.457 e. The average Bonchev–Trinajstić information content (AvgIpc) is 3.64. The van der Waals surface area contributed by atoms with Crippen LogP contribution in [0, 0.1) is 6.92 Å². The van der Waals surface area contributed by atoms with E-state index in [1.54, 1.807) is 0 Å². The van der Waals surface area contributed by atoms with E-state index in [1.165, 1.54) is 64.5 Å². The lowest BCUT2D eigenvalue weighted by Gasteiger charge is -2.13. The van der Waals surface area contributed by atoms with Crippen LogP contribution in [-0.2, 0) is 12.8 Å². The van der Waals surface area contributed by atoms with Crippen molar-refractivity contribution in [3.63, 3.8) is 0 Å². The molecule has 0 spiro atoms. The van der Waals surface area contributed by atoms with Gasteiger partial charge in [0.1, 0.15) is 17.3 Å². The molecule has 48 heavy (non-hydrogen) atoms. The van der Waals surface area contributed by atoms with E-state index in [2.05, 4.69) is 127 Å². The van der Waals surface area contributed by atoms with Gasteiger partial charge in [0.2, 0.25) is 0 Å². The highest BCUT2D eigenvalue weighted by Gasteiger charge is 2.21. The molecular formula is C43H44N4O. The minimum atomic E-state index is 0.783. The second-order valence-corrected chi connectivity index (χ2v) is 12.8. The van der Waals surface area contributed by atoms with E-state index in [9.17, 15) is 0 Å². The minimum Gasteiger partial charge on any atom is -0.457 e. The maximum absolute atomic E-state index is 6.62. The normalized spacial score (nSPS) is 11.5. The molecule has 0 radical (unpaired) electrons. The summed E-state index contributed by atoms with van der Waals surface area (Å²) in [5, 5.41) is 7.69. The number of fused-ring (bicyclic) bond motifs is 3. The Bertz CT molecular complexity index is 2160. The molecule has 5 heteroatoms. The van der Waals surface area contributed by atoms with Crippen LogP contribution in [0.25, 0.3) is 44.4 Å². The summed E-state index contributed by atoms with van der Waals surface area (Å²) in [7, 11) is 0. The third kappa shape index (κ3) is 6.37. The number of aryl methyl sites for hydroxylation is 2. The van der Waals surface area contributed by atoms with Crippen LogP contribution in [0.1, 0.15) is 69.3 Å². The molecule has 0 aliphatic heterocycles. The van der Waals surface area contributed by atoms with E-state index in [4.69, 9.17) is 14.8 Å². The quantitative estimate of drug-likeness (QED) is 0.119. The molecule has 7 rings (SSSR count). The summed E-state index contributed by atoms with van der Waals surface area (Å²) in [4.78, 5) is 4.74. The second kappa shape index (κ2) is 14.3. The Balaban J connectivity index is 1.29. The van der Waals surface area contributed by atoms with Crippen LogP contribution in [0.4, 0.5) is 0 Å². The van der Waals surface area contributed by atoms with Crippen LogP contribution in [0.15, 0.2) is 115 Å². The number of pyridine rings is 1. The molecule has 0 fully saturated rings. The van der Waals surface area contributed by atoms with Crippen molar-refractivity contribution >= 4 is 21.8 Å². The fraction of sp³-hybridized carbons (Fsp3) is 0.256. The summed E-state index contributed by atoms with van der Waals surface area (Å²) in [6.45, 7) is 6.63. The number of para-hydroxylation sites is 1. The van der Waals surface area contributed by atoms with Crippen LogP contribution in [0.3, 0.4) is 0 Å². The Kier molecular flexibility index (Phi) is 9.37. The maximum Gasteiger partial charge on any atom is 0.137 e. The van der Waals surface area contributed by atoms with Gasteiger partial charge in [-0.2, -0.15) is 5.10 Å². The first-order chi connectivity index (χ1) is 23.6. The van der Waals surface area contributed by atoms with Gasteiger partial charge in [-0.25, -0.2) is 9.67 Å². The summed E-state index contributed by atoms with van der Waals surface area (Å²) in [5.74, 6) is 2.47. The summed E-state index contributed by atoms with van der Waals surface area (Å²) in [6.07, 6.45) is 10.9. The molecule has 0 atom stereocenters. The molecule has 5 nitrogen and oxygen atoms in total. The van der Waals surface area contributed by atoms with Crippen LogP contribution < -0.4 is 4.74 Å². The first-order valence-electron chi connectivity index (χ1n) is 17.5. The number of nitrogens with zero attached hydrogens (tertiary/aromatic N) is 4. The molecule has 0 N–H and O–H groups in total. The lowest BCUT2D eigenvalue weighted by molar-refractivity contribution is 0.482. The van der Waals surface area contributed by atoms with E-state index < -0.39 is 0 Å². The van der Waals surface area contributed by atoms with Crippen molar-refractivity contribution in [3.05, 3.63) is 132 Å². The smallest absolute Gasteiger partial charge is 0.137 e. The lowest BCUT2D eigenvalue weighted by Crippen LogP contribution is -2.04. The van der Waals surface area contributed by atoms with Gasteiger partial charge in [-0.05, 0) is 86.2 Å². The zero-order chi connectivity index (χ0) is 32.9. The van der Waals surface area contributed by atoms with Gasteiger partial charge in [0.25, 0.3) is 0 Å². The third-order valence-corrected chi connectivity index (χ3v) is 9.22. The highest BCUT2D eigenvalue weighted by molar-refractivity contribution is 6.09. The SMILES string of the molecule is CCCCCc1nn(-c2cccc(Oc3ccc4c5ccccc5n(-c5cc(C)ccn5)c4c3)c2)c(CCCCC)c1-c1ccccc1.